The van der Waals surface area contributed by atoms with E-state index in [2.05, 4.69) is 20.6 Å². The summed E-state index contributed by atoms with van der Waals surface area (Å²) in [5, 5.41) is 18.4. The Balaban J connectivity index is 1.76. The SMILES string of the molecule is O=C(Cn1cc(C(=O)O)nn1)NCCc1ccncc1. The summed E-state index contributed by atoms with van der Waals surface area (Å²) in [6.07, 6.45) is 5.30. The van der Waals surface area contributed by atoms with Crippen molar-refractivity contribution in [3.63, 3.8) is 0 Å². The number of nitrogens with zero attached hydrogens (tertiary/aromatic N) is 4. The molecule has 0 aromatic carbocycles. The first-order valence-corrected chi connectivity index (χ1v) is 5.94. The van der Waals surface area contributed by atoms with E-state index < -0.39 is 5.97 Å². The molecule has 8 heteroatoms. The van der Waals surface area contributed by atoms with Gasteiger partial charge in [0.2, 0.25) is 5.91 Å². The molecule has 0 unspecified atom stereocenters. The Kier molecular flexibility index (Phi) is 4.38. The van der Waals surface area contributed by atoms with Crippen LogP contribution in [-0.2, 0) is 17.8 Å². The van der Waals surface area contributed by atoms with Gasteiger partial charge in [0.25, 0.3) is 0 Å². The van der Waals surface area contributed by atoms with E-state index in [4.69, 9.17) is 5.11 Å². The average Bonchev–Trinajstić information content (AvgIpc) is 2.88. The van der Waals surface area contributed by atoms with Crippen molar-refractivity contribution in [1.82, 2.24) is 25.3 Å². The van der Waals surface area contributed by atoms with Crippen molar-refractivity contribution in [2.75, 3.05) is 6.54 Å². The zero-order chi connectivity index (χ0) is 14.4. The maximum atomic E-state index is 11.6. The molecule has 0 saturated carbocycles. The van der Waals surface area contributed by atoms with Crippen LogP contribution in [0.4, 0.5) is 0 Å². The Hall–Kier alpha value is -2.77. The molecule has 2 aromatic heterocycles. The van der Waals surface area contributed by atoms with Gasteiger partial charge in [-0.1, -0.05) is 5.21 Å². The van der Waals surface area contributed by atoms with Gasteiger partial charge < -0.3 is 10.4 Å². The van der Waals surface area contributed by atoms with E-state index in [1.807, 2.05) is 12.1 Å². The van der Waals surface area contributed by atoms with Crippen molar-refractivity contribution in [1.29, 1.82) is 0 Å². The van der Waals surface area contributed by atoms with Crippen LogP contribution >= 0.6 is 0 Å². The molecule has 2 rings (SSSR count). The smallest absolute Gasteiger partial charge is 0.358 e. The lowest BCUT2D eigenvalue weighted by Crippen LogP contribution is -2.29. The van der Waals surface area contributed by atoms with E-state index in [0.717, 1.165) is 5.56 Å². The molecule has 0 bridgehead atoms. The summed E-state index contributed by atoms with van der Waals surface area (Å²) in [6, 6.07) is 3.76. The minimum absolute atomic E-state index is 0.0589. The van der Waals surface area contributed by atoms with Gasteiger partial charge in [-0.15, -0.1) is 5.10 Å². The highest BCUT2D eigenvalue weighted by Gasteiger charge is 2.10. The number of pyridine rings is 1. The highest BCUT2D eigenvalue weighted by Crippen LogP contribution is 1.96. The lowest BCUT2D eigenvalue weighted by molar-refractivity contribution is -0.121. The van der Waals surface area contributed by atoms with Crippen LogP contribution in [-0.4, -0.2) is 43.5 Å². The zero-order valence-corrected chi connectivity index (χ0v) is 10.6. The van der Waals surface area contributed by atoms with Crippen molar-refractivity contribution in [3.8, 4) is 0 Å². The van der Waals surface area contributed by atoms with E-state index in [1.54, 1.807) is 12.4 Å². The first-order chi connectivity index (χ1) is 9.65. The molecule has 0 fully saturated rings. The molecule has 0 aliphatic rings. The summed E-state index contributed by atoms with van der Waals surface area (Å²) in [5.74, 6) is -1.42. The van der Waals surface area contributed by atoms with Crippen LogP contribution in [0.1, 0.15) is 16.1 Å². The number of rotatable bonds is 6. The molecule has 0 atom stereocenters. The normalized spacial score (nSPS) is 10.2. The number of carboxylic acid groups (broad SMARTS) is 1. The first-order valence-electron chi connectivity index (χ1n) is 5.94. The molecule has 2 N–H and O–H groups in total. The van der Waals surface area contributed by atoms with Crippen molar-refractivity contribution in [3.05, 3.63) is 42.0 Å². The molecule has 0 aliphatic carbocycles. The Morgan fingerprint density at radius 3 is 2.70 bits per heavy atom. The fourth-order valence-electron chi connectivity index (χ4n) is 1.57. The maximum Gasteiger partial charge on any atom is 0.358 e. The van der Waals surface area contributed by atoms with E-state index in [9.17, 15) is 9.59 Å². The van der Waals surface area contributed by atoms with Gasteiger partial charge >= 0.3 is 5.97 Å². The fraction of sp³-hybridized carbons (Fsp3) is 0.250. The van der Waals surface area contributed by atoms with Gasteiger partial charge in [-0.25, -0.2) is 9.48 Å². The second-order valence-electron chi connectivity index (χ2n) is 4.06. The van der Waals surface area contributed by atoms with Crippen LogP contribution in [0.5, 0.6) is 0 Å². The highest BCUT2D eigenvalue weighted by molar-refractivity contribution is 5.84. The molecule has 0 saturated heterocycles. The number of nitrogens with one attached hydrogen (secondary N) is 1. The molecular formula is C12H13N5O3. The monoisotopic (exact) mass is 275 g/mol. The summed E-state index contributed by atoms with van der Waals surface area (Å²) in [7, 11) is 0. The molecule has 20 heavy (non-hydrogen) atoms. The van der Waals surface area contributed by atoms with Gasteiger partial charge in [-0.05, 0) is 24.1 Å². The molecular weight excluding hydrogens is 262 g/mol. The standard InChI is InChI=1S/C12H13N5O3/c18-11(8-17-7-10(12(19)20)15-16-17)14-6-3-9-1-4-13-5-2-9/h1-2,4-5,7H,3,6,8H2,(H,14,18)(H,19,20). The van der Waals surface area contributed by atoms with E-state index >= 15 is 0 Å². The predicted octanol–water partition coefficient (Wildman–Crippen LogP) is -0.270. The number of hydrogen-bond acceptors (Lipinski definition) is 5. The van der Waals surface area contributed by atoms with Gasteiger partial charge in [0.05, 0.1) is 6.20 Å². The number of carbonyl (C=O) groups excluding carboxylic acids is 1. The molecule has 0 aliphatic heterocycles. The average molecular weight is 275 g/mol. The van der Waals surface area contributed by atoms with Crippen LogP contribution < -0.4 is 5.32 Å². The van der Waals surface area contributed by atoms with Crippen LogP contribution in [0.15, 0.2) is 30.7 Å². The van der Waals surface area contributed by atoms with Crippen LogP contribution in [0.25, 0.3) is 0 Å². The van der Waals surface area contributed by atoms with E-state index in [0.29, 0.717) is 13.0 Å². The Morgan fingerprint density at radius 2 is 2.05 bits per heavy atom. The summed E-state index contributed by atoms with van der Waals surface area (Å²) in [5.41, 5.74) is 0.892. The lowest BCUT2D eigenvalue weighted by Gasteiger charge is -2.04. The van der Waals surface area contributed by atoms with Gasteiger partial charge in [-0.2, -0.15) is 0 Å². The first kappa shape index (κ1) is 13.7. The summed E-state index contributed by atoms with van der Waals surface area (Å²) in [4.78, 5) is 26.1. The van der Waals surface area contributed by atoms with Gasteiger partial charge in [0, 0.05) is 18.9 Å². The largest absolute Gasteiger partial charge is 0.476 e. The lowest BCUT2D eigenvalue weighted by atomic mass is 10.2. The molecule has 0 radical (unpaired) electrons. The molecule has 0 spiro atoms. The summed E-state index contributed by atoms with van der Waals surface area (Å²) in [6.45, 7) is 0.431. The van der Waals surface area contributed by atoms with Gasteiger partial charge in [0.15, 0.2) is 5.69 Å². The number of hydrogen-bond donors (Lipinski definition) is 2. The zero-order valence-electron chi connectivity index (χ0n) is 10.6. The van der Waals surface area contributed by atoms with Gasteiger partial charge in [-0.3, -0.25) is 9.78 Å². The molecule has 8 nitrogen and oxygen atoms in total. The molecule has 2 heterocycles. The van der Waals surface area contributed by atoms with Crippen LogP contribution in [0.2, 0.25) is 0 Å². The number of carbonyl (C=O) groups is 2. The third-order valence-corrected chi connectivity index (χ3v) is 2.55. The fourth-order valence-corrected chi connectivity index (χ4v) is 1.57. The third-order valence-electron chi connectivity index (χ3n) is 2.55. The second kappa shape index (κ2) is 6.41. The van der Waals surface area contributed by atoms with E-state index in [-0.39, 0.29) is 18.1 Å². The Bertz CT molecular complexity index is 596. The number of amides is 1. The number of aromatic nitrogens is 4. The summed E-state index contributed by atoms with van der Waals surface area (Å²) >= 11 is 0. The van der Waals surface area contributed by atoms with Gasteiger partial charge in [0.1, 0.15) is 6.54 Å². The molecule has 2 aromatic rings. The van der Waals surface area contributed by atoms with Crippen LogP contribution in [0, 0.1) is 0 Å². The maximum absolute atomic E-state index is 11.6. The Morgan fingerprint density at radius 1 is 1.30 bits per heavy atom. The number of carboxylic acids is 1. The Labute approximate surface area is 114 Å². The van der Waals surface area contributed by atoms with E-state index in [1.165, 1.54) is 10.9 Å². The molecule has 1 amide bonds. The van der Waals surface area contributed by atoms with Crippen molar-refractivity contribution < 1.29 is 14.7 Å². The molecule has 104 valence electrons. The minimum Gasteiger partial charge on any atom is -0.476 e. The topological polar surface area (TPSA) is 110 Å². The van der Waals surface area contributed by atoms with Crippen molar-refractivity contribution in [2.24, 2.45) is 0 Å². The van der Waals surface area contributed by atoms with Crippen molar-refractivity contribution in [2.45, 2.75) is 13.0 Å². The highest BCUT2D eigenvalue weighted by atomic mass is 16.4. The third kappa shape index (κ3) is 3.87. The van der Waals surface area contributed by atoms with Crippen molar-refractivity contribution >= 4 is 11.9 Å². The predicted molar refractivity (Wildman–Crippen MR) is 67.9 cm³/mol. The second-order valence-corrected chi connectivity index (χ2v) is 4.06. The number of aromatic carboxylic acids is 1. The van der Waals surface area contributed by atoms with Crippen LogP contribution in [0.3, 0.4) is 0 Å². The minimum atomic E-state index is -1.17. The quantitative estimate of drug-likeness (QED) is 0.751. The summed E-state index contributed by atoms with van der Waals surface area (Å²) < 4.78 is 1.19.